The third kappa shape index (κ3) is 4.05. The lowest BCUT2D eigenvalue weighted by Gasteiger charge is -2.30. The van der Waals surface area contributed by atoms with Crippen LogP contribution in [0.1, 0.15) is 17.5 Å². The SMILES string of the molecule is O=C(NCC1COC1)C1=NCNc2ccc(-c3cc(CN4CCC4)cc(F)c3F)cc21. The molecule has 162 valence electrons. The van der Waals surface area contributed by atoms with E-state index in [1.807, 2.05) is 0 Å². The van der Waals surface area contributed by atoms with Gasteiger partial charge in [0.25, 0.3) is 5.91 Å². The molecular weight excluding hydrogens is 402 g/mol. The summed E-state index contributed by atoms with van der Waals surface area (Å²) in [5.74, 6) is -1.70. The molecule has 5 rings (SSSR count). The van der Waals surface area contributed by atoms with E-state index in [4.69, 9.17) is 4.74 Å². The summed E-state index contributed by atoms with van der Waals surface area (Å²) in [5.41, 5.74) is 3.06. The molecular formula is C23H24F2N4O2. The van der Waals surface area contributed by atoms with Gasteiger partial charge in [-0.1, -0.05) is 6.07 Å². The summed E-state index contributed by atoms with van der Waals surface area (Å²) < 4.78 is 34.2. The lowest BCUT2D eigenvalue weighted by Crippen LogP contribution is -2.42. The minimum atomic E-state index is -0.885. The van der Waals surface area contributed by atoms with E-state index in [0.29, 0.717) is 49.1 Å². The van der Waals surface area contributed by atoms with E-state index in [1.54, 1.807) is 24.3 Å². The Labute approximate surface area is 179 Å². The number of hydrogen-bond donors (Lipinski definition) is 2. The smallest absolute Gasteiger partial charge is 0.270 e. The van der Waals surface area contributed by atoms with Crippen molar-refractivity contribution in [3.63, 3.8) is 0 Å². The van der Waals surface area contributed by atoms with Gasteiger partial charge in [0.2, 0.25) is 0 Å². The number of nitrogens with one attached hydrogen (secondary N) is 2. The molecule has 2 aromatic carbocycles. The number of ether oxygens (including phenoxy) is 1. The van der Waals surface area contributed by atoms with E-state index in [2.05, 4.69) is 20.5 Å². The molecule has 6 nitrogen and oxygen atoms in total. The molecule has 2 aromatic rings. The van der Waals surface area contributed by atoms with Crippen molar-refractivity contribution < 1.29 is 18.3 Å². The highest BCUT2D eigenvalue weighted by molar-refractivity contribution is 6.46. The predicted octanol–water partition coefficient (Wildman–Crippen LogP) is 2.77. The molecule has 1 amide bonds. The summed E-state index contributed by atoms with van der Waals surface area (Å²) in [7, 11) is 0. The second-order valence-electron chi connectivity index (χ2n) is 8.28. The van der Waals surface area contributed by atoms with E-state index >= 15 is 0 Å². The van der Waals surface area contributed by atoms with Crippen molar-refractivity contribution in [2.45, 2.75) is 13.0 Å². The number of amides is 1. The topological polar surface area (TPSA) is 66.0 Å². The molecule has 3 aliphatic heterocycles. The maximum Gasteiger partial charge on any atom is 0.270 e. The maximum atomic E-state index is 14.7. The number of benzene rings is 2. The molecule has 2 N–H and O–H groups in total. The standard InChI is InChI=1S/C23H24F2N4O2/c24-19-7-14(10-29-4-1-5-29)6-17(21(19)25)16-2-3-20-18(8-16)22(28-13-27-20)23(30)26-9-15-11-31-12-15/h2-3,6-8,15,27H,1,4-5,9-13H2,(H,26,30). The van der Waals surface area contributed by atoms with Crippen molar-refractivity contribution in [2.24, 2.45) is 10.9 Å². The number of halogens is 2. The van der Waals surface area contributed by atoms with Gasteiger partial charge in [-0.25, -0.2) is 8.78 Å². The Morgan fingerprint density at radius 1 is 1.19 bits per heavy atom. The van der Waals surface area contributed by atoms with Crippen LogP contribution in [-0.4, -0.2) is 56.0 Å². The largest absolute Gasteiger partial charge is 0.381 e. The van der Waals surface area contributed by atoms with Crippen LogP contribution >= 0.6 is 0 Å². The van der Waals surface area contributed by atoms with Crippen LogP contribution in [0.3, 0.4) is 0 Å². The minimum absolute atomic E-state index is 0.190. The van der Waals surface area contributed by atoms with Crippen LogP contribution < -0.4 is 10.6 Å². The molecule has 3 aliphatic rings. The van der Waals surface area contributed by atoms with E-state index in [1.165, 1.54) is 6.07 Å². The molecule has 2 saturated heterocycles. The zero-order valence-electron chi connectivity index (χ0n) is 17.1. The van der Waals surface area contributed by atoms with Crippen molar-refractivity contribution in [3.8, 4) is 11.1 Å². The van der Waals surface area contributed by atoms with Crippen LogP contribution in [0.25, 0.3) is 11.1 Å². The van der Waals surface area contributed by atoms with Crippen molar-refractivity contribution in [3.05, 3.63) is 53.1 Å². The van der Waals surface area contributed by atoms with Gasteiger partial charge in [-0.2, -0.15) is 0 Å². The monoisotopic (exact) mass is 426 g/mol. The van der Waals surface area contributed by atoms with Gasteiger partial charge < -0.3 is 15.4 Å². The Hall–Kier alpha value is -2.84. The summed E-state index contributed by atoms with van der Waals surface area (Å²) in [6.45, 7) is 4.65. The summed E-state index contributed by atoms with van der Waals surface area (Å²) >= 11 is 0. The zero-order chi connectivity index (χ0) is 21.4. The number of rotatable bonds is 6. The molecule has 0 bridgehead atoms. The molecule has 0 aromatic heterocycles. The molecule has 0 spiro atoms. The zero-order valence-corrected chi connectivity index (χ0v) is 17.1. The summed E-state index contributed by atoms with van der Waals surface area (Å²) in [5, 5.41) is 6.03. The van der Waals surface area contributed by atoms with Gasteiger partial charge in [-0.15, -0.1) is 0 Å². The van der Waals surface area contributed by atoms with Crippen LogP contribution in [0.15, 0.2) is 35.3 Å². The predicted molar refractivity (Wildman–Crippen MR) is 114 cm³/mol. The van der Waals surface area contributed by atoms with Crippen molar-refractivity contribution in [1.82, 2.24) is 10.2 Å². The Balaban J connectivity index is 1.44. The van der Waals surface area contributed by atoms with Crippen molar-refractivity contribution >= 4 is 17.3 Å². The average molecular weight is 426 g/mol. The van der Waals surface area contributed by atoms with Crippen molar-refractivity contribution in [2.75, 3.05) is 44.8 Å². The first-order valence-corrected chi connectivity index (χ1v) is 10.6. The Bertz CT molecular complexity index is 1050. The number of anilines is 1. The number of fused-ring (bicyclic) bond motifs is 1. The third-order valence-electron chi connectivity index (χ3n) is 6.01. The van der Waals surface area contributed by atoms with E-state index in [-0.39, 0.29) is 18.1 Å². The highest BCUT2D eigenvalue weighted by Gasteiger charge is 2.25. The first-order valence-electron chi connectivity index (χ1n) is 10.6. The van der Waals surface area contributed by atoms with E-state index in [0.717, 1.165) is 30.8 Å². The lowest BCUT2D eigenvalue weighted by atomic mass is 9.96. The molecule has 0 unspecified atom stereocenters. The summed E-state index contributed by atoms with van der Waals surface area (Å²) in [6.07, 6.45) is 1.13. The lowest BCUT2D eigenvalue weighted by molar-refractivity contribution is -0.115. The Morgan fingerprint density at radius 2 is 2.03 bits per heavy atom. The van der Waals surface area contributed by atoms with Gasteiger partial charge in [-0.3, -0.25) is 14.7 Å². The minimum Gasteiger partial charge on any atom is -0.381 e. The number of likely N-dealkylation sites (tertiary alicyclic amines) is 1. The highest BCUT2D eigenvalue weighted by atomic mass is 19.2. The van der Waals surface area contributed by atoms with Gasteiger partial charge in [-0.05, 0) is 54.9 Å². The molecule has 3 heterocycles. The molecule has 0 radical (unpaired) electrons. The fourth-order valence-corrected chi connectivity index (χ4v) is 4.01. The fraction of sp³-hybridized carbons (Fsp3) is 0.391. The average Bonchev–Trinajstić information content (AvgIpc) is 2.71. The van der Waals surface area contributed by atoms with E-state index < -0.39 is 11.6 Å². The highest BCUT2D eigenvalue weighted by Crippen LogP contribution is 2.31. The van der Waals surface area contributed by atoms with Crippen LogP contribution in [0.4, 0.5) is 14.5 Å². The second kappa shape index (κ2) is 8.36. The molecule has 0 atom stereocenters. The first kappa shape index (κ1) is 20.1. The molecule has 2 fully saturated rings. The molecule has 8 heteroatoms. The molecule has 0 aliphatic carbocycles. The molecule has 0 saturated carbocycles. The molecule has 31 heavy (non-hydrogen) atoms. The Kier molecular flexibility index (Phi) is 5.41. The maximum absolute atomic E-state index is 14.7. The van der Waals surface area contributed by atoms with Crippen LogP contribution in [0, 0.1) is 17.6 Å². The van der Waals surface area contributed by atoms with Gasteiger partial charge in [0.05, 0.1) is 13.2 Å². The van der Waals surface area contributed by atoms with Gasteiger partial charge in [0.15, 0.2) is 11.6 Å². The van der Waals surface area contributed by atoms with Crippen molar-refractivity contribution in [1.29, 1.82) is 0 Å². The normalized spacial score (nSPS) is 18.3. The summed E-state index contributed by atoms with van der Waals surface area (Å²) in [4.78, 5) is 19.3. The number of carbonyl (C=O) groups excluding carboxylic acids is 1. The number of nitrogens with zero attached hydrogens (tertiary/aromatic N) is 2. The van der Waals surface area contributed by atoms with Gasteiger partial charge in [0, 0.05) is 35.8 Å². The van der Waals surface area contributed by atoms with Gasteiger partial charge >= 0.3 is 0 Å². The first-order chi connectivity index (χ1) is 15.1. The summed E-state index contributed by atoms with van der Waals surface area (Å²) in [6, 6.07) is 8.19. The Morgan fingerprint density at radius 3 is 2.74 bits per heavy atom. The van der Waals surface area contributed by atoms with Crippen LogP contribution in [-0.2, 0) is 16.1 Å². The second-order valence-corrected chi connectivity index (χ2v) is 8.28. The van der Waals surface area contributed by atoms with Gasteiger partial charge in [0.1, 0.15) is 12.4 Å². The fourth-order valence-electron chi connectivity index (χ4n) is 4.01. The van der Waals surface area contributed by atoms with Crippen LogP contribution in [0.5, 0.6) is 0 Å². The van der Waals surface area contributed by atoms with Crippen LogP contribution in [0.2, 0.25) is 0 Å². The number of carbonyl (C=O) groups is 1. The quantitative estimate of drug-likeness (QED) is 0.746. The number of aliphatic imine (C=N–C) groups is 1. The number of hydrogen-bond acceptors (Lipinski definition) is 5. The van der Waals surface area contributed by atoms with E-state index in [9.17, 15) is 13.6 Å². The third-order valence-corrected chi connectivity index (χ3v) is 6.01.